The van der Waals surface area contributed by atoms with E-state index in [0.29, 0.717) is 25.7 Å². The Kier molecular flexibility index (Phi) is 10.7. The molecule has 0 spiro atoms. The van der Waals surface area contributed by atoms with Crippen LogP contribution in [0.3, 0.4) is 0 Å². The number of methoxy groups -OCH3 is 1. The molecule has 0 unspecified atom stereocenters. The number of non-ortho nitro benzene ring substituents is 1. The van der Waals surface area contributed by atoms with Gasteiger partial charge >= 0.3 is 0 Å². The number of aliphatic imine (C=N–C) groups is 1. The molecule has 0 amide bonds. The SMILES string of the molecule is CCNC(=NCc1ccc([N+](=O)[O-])cc1)NCCOc1ccc(OC)cc1.I. The van der Waals surface area contributed by atoms with E-state index in [1.54, 1.807) is 19.2 Å². The Morgan fingerprint density at radius 3 is 2.29 bits per heavy atom. The highest BCUT2D eigenvalue weighted by molar-refractivity contribution is 14.0. The minimum atomic E-state index is -0.415. The van der Waals surface area contributed by atoms with Crippen LogP contribution in [0.25, 0.3) is 0 Å². The van der Waals surface area contributed by atoms with E-state index in [1.165, 1.54) is 12.1 Å². The van der Waals surface area contributed by atoms with E-state index in [0.717, 1.165) is 23.6 Å². The second kappa shape index (κ2) is 12.8. The van der Waals surface area contributed by atoms with Crippen molar-refractivity contribution in [1.29, 1.82) is 0 Å². The van der Waals surface area contributed by atoms with Crippen LogP contribution in [0.2, 0.25) is 0 Å². The van der Waals surface area contributed by atoms with E-state index in [1.807, 2.05) is 31.2 Å². The number of rotatable bonds is 9. The van der Waals surface area contributed by atoms with Crippen LogP contribution in [-0.4, -0.2) is 37.7 Å². The molecule has 0 atom stereocenters. The minimum Gasteiger partial charge on any atom is -0.497 e. The van der Waals surface area contributed by atoms with Crippen molar-refractivity contribution in [1.82, 2.24) is 10.6 Å². The predicted octanol–water partition coefficient (Wildman–Crippen LogP) is 3.36. The molecule has 0 aliphatic carbocycles. The maximum atomic E-state index is 10.7. The van der Waals surface area contributed by atoms with Gasteiger partial charge in [0.25, 0.3) is 5.69 Å². The molecule has 0 saturated carbocycles. The summed E-state index contributed by atoms with van der Waals surface area (Å²) in [7, 11) is 1.62. The van der Waals surface area contributed by atoms with Gasteiger partial charge < -0.3 is 20.1 Å². The summed E-state index contributed by atoms with van der Waals surface area (Å²) in [6.07, 6.45) is 0. The first-order valence-corrected chi connectivity index (χ1v) is 8.64. The number of hydrogen-bond donors (Lipinski definition) is 2. The van der Waals surface area contributed by atoms with Crippen molar-refractivity contribution in [3.8, 4) is 11.5 Å². The molecule has 2 N–H and O–H groups in total. The van der Waals surface area contributed by atoms with E-state index < -0.39 is 4.92 Å². The van der Waals surface area contributed by atoms with Gasteiger partial charge in [-0.05, 0) is 36.8 Å². The van der Waals surface area contributed by atoms with Crippen molar-refractivity contribution in [2.45, 2.75) is 13.5 Å². The van der Waals surface area contributed by atoms with Gasteiger partial charge in [-0.25, -0.2) is 4.99 Å². The maximum absolute atomic E-state index is 10.7. The van der Waals surface area contributed by atoms with Crippen LogP contribution in [0.5, 0.6) is 11.5 Å². The fourth-order valence-electron chi connectivity index (χ4n) is 2.25. The summed E-state index contributed by atoms with van der Waals surface area (Å²) in [5.74, 6) is 2.22. The number of benzene rings is 2. The molecule has 0 radical (unpaired) electrons. The van der Waals surface area contributed by atoms with Gasteiger partial charge in [0.05, 0.1) is 25.1 Å². The summed E-state index contributed by atoms with van der Waals surface area (Å²) in [6.45, 7) is 4.20. The molecule has 152 valence electrons. The van der Waals surface area contributed by atoms with Crippen LogP contribution in [0.15, 0.2) is 53.5 Å². The van der Waals surface area contributed by atoms with Crippen molar-refractivity contribution in [3.63, 3.8) is 0 Å². The topological polar surface area (TPSA) is 98.0 Å². The zero-order valence-corrected chi connectivity index (χ0v) is 18.2. The molecule has 0 aliphatic rings. The van der Waals surface area contributed by atoms with E-state index in [-0.39, 0.29) is 29.7 Å². The van der Waals surface area contributed by atoms with Gasteiger partial charge in [0.15, 0.2) is 5.96 Å². The molecular weight excluding hydrogens is 475 g/mol. The lowest BCUT2D eigenvalue weighted by atomic mass is 10.2. The first-order chi connectivity index (χ1) is 13.1. The average molecular weight is 500 g/mol. The molecule has 0 aliphatic heterocycles. The van der Waals surface area contributed by atoms with Crippen molar-refractivity contribution >= 4 is 35.6 Å². The van der Waals surface area contributed by atoms with Crippen molar-refractivity contribution in [2.24, 2.45) is 4.99 Å². The Labute approximate surface area is 181 Å². The van der Waals surface area contributed by atoms with Gasteiger partial charge in [-0.1, -0.05) is 12.1 Å². The molecule has 8 nitrogen and oxygen atoms in total. The summed E-state index contributed by atoms with van der Waals surface area (Å²) in [5, 5.41) is 17.0. The first-order valence-electron chi connectivity index (χ1n) is 8.64. The summed E-state index contributed by atoms with van der Waals surface area (Å²) < 4.78 is 10.8. The molecule has 0 bridgehead atoms. The molecule has 0 fully saturated rings. The van der Waals surface area contributed by atoms with Gasteiger partial charge in [0.2, 0.25) is 0 Å². The Morgan fingerprint density at radius 1 is 1.07 bits per heavy atom. The third-order valence-corrected chi connectivity index (χ3v) is 3.63. The molecule has 2 aromatic rings. The lowest BCUT2D eigenvalue weighted by Crippen LogP contribution is -2.39. The number of nitrogens with zero attached hydrogens (tertiary/aromatic N) is 2. The van der Waals surface area contributed by atoms with Gasteiger partial charge in [-0.3, -0.25) is 10.1 Å². The van der Waals surface area contributed by atoms with Crippen LogP contribution in [0, 0.1) is 10.1 Å². The van der Waals surface area contributed by atoms with Crippen LogP contribution >= 0.6 is 24.0 Å². The number of guanidine groups is 1. The highest BCUT2D eigenvalue weighted by atomic mass is 127. The van der Waals surface area contributed by atoms with Gasteiger partial charge in [0.1, 0.15) is 18.1 Å². The zero-order valence-electron chi connectivity index (χ0n) is 15.9. The summed E-state index contributed by atoms with van der Waals surface area (Å²) >= 11 is 0. The van der Waals surface area contributed by atoms with E-state index in [9.17, 15) is 10.1 Å². The third-order valence-electron chi connectivity index (χ3n) is 3.63. The number of hydrogen-bond acceptors (Lipinski definition) is 5. The van der Waals surface area contributed by atoms with E-state index in [2.05, 4.69) is 15.6 Å². The quantitative estimate of drug-likeness (QED) is 0.137. The number of nitro benzene ring substituents is 1. The molecule has 9 heteroatoms. The van der Waals surface area contributed by atoms with Gasteiger partial charge in [-0.15, -0.1) is 24.0 Å². The largest absolute Gasteiger partial charge is 0.497 e. The first kappa shape index (κ1) is 23.5. The van der Waals surface area contributed by atoms with Crippen LogP contribution in [0.4, 0.5) is 5.69 Å². The second-order valence-corrected chi connectivity index (χ2v) is 5.57. The molecule has 0 aromatic heterocycles. The Hall–Kier alpha value is -2.56. The molecule has 2 rings (SSSR count). The van der Waals surface area contributed by atoms with Crippen LogP contribution < -0.4 is 20.1 Å². The molecule has 0 heterocycles. The Bertz CT molecular complexity index is 752. The highest BCUT2D eigenvalue weighted by Gasteiger charge is 2.04. The number of halogens is 1. The van der Waals surface area contributed by atoms with E-state index in [4.69, 9.17) is 9.47 Å². The number of ether oxygens (including phenoxy) is 2. The Balaban J connectivity index is 0.00000392. The summed E-state index contributed by atoms with van der Waals surface area (Å²) in [4.78, 5) is 14.7. The monoisotopic (exact) mass is 500 g/mol. The summed E-state index contributed by atoms with van der Waals surface area (Å²) in [5.41, 5.74) is 0.968. The van der Waals surface area contributed by atoms with Crippen LogP contribution in [-0.2, 0) is 6.54 Å². The normalized spacial score (nSPS) is 10.6. The van der Waals surface area contributed by atoms with E-state index >= 15 is 0 Å². The molecule has 2 aromatic carbocycles. The van der Waals surface area contributed by atoms with Gasteiger partial charge in [-0.2, -0.15) is 0 Å². The van der Waals surface area contributed by atoms with Gasteiger partial charge in [0, 0.05) is 18.7 Å². The predicted molar refractivity (Wildman–Crippen MR) is 120 cm³/mol. The number of nitrogens with one attached hydrogen (secondary N) is 2. The second-order valence-electron chi connectivity index (χ2n) is 5.57. The smallest absolute Gasteiger partial charge is 0.269 e. The van der Waals surface area contributed by atoms with Crippen molar-refractivity contribution in [2.75, 3.05) is 26.8 Å². The lowest BCUT2D eigenvalue weighted by Gasteiger charge is -2.12. The minimum absolute atomic E-state index is 0. The third kappa shape index (κ3) is 7.99. The molecular formula is C19H25IN4O4. The summed E-state index contributed by atoms with van der Waals surface area (Å²) in [6, 6.07) is 13.8. The zero-order chi connectivity index (χ0) is 19.5. The highest BCUT2D eigenvalue weighted by Crippen LogP contribution is 2.16. The number of nitro groups is 1. The standard InChI is InChI=1S/C19H24N4O4.HI/c1-3-20-19(22-14-15-4-6-16(7-5-15)23(24)25)21-12-13-27-18-10-8-17(26-2)9-11-18;/h4-11H,3,12-14H2,1-2H3,(H2,20,21,22);1H. The molecule has 0 saturated heterocycles. The van der Waals surface area contributed by atoms with Crippen molar-refractivity contribution < 1.29 is 14.4 Å². The van der Waals surface area contributed by atoms with Crippen molar-refractivity contribution in [3.05, 3.63) is 64.2 Å². The fourth-order valence-corrected chi connectivity index (χ4v) is 2.25. The maximum Gasteiger partial charge on any atom is 0.269 e. The Morgan fingerprint density at radius 2 is 1.71 bits per heavy atom. The average Bonchev–Trinajstić information content (AvgIpc) is 2.70. The molecule has 28 heavy (non-hydrogen) atoms. The lowest BCUT2D eigenvalue weighted by molar-refractivity contribution is -0.384. The van der Waals surface area contributed by atoms with Crippen LogP contribution in [0.1, 0.15) is 12.5 Å². The fraction of sp³-hybridized carbons (Fsp3) is 0.316.